The summed E-state index contributed by atoms with van der Waals surface area (Å²) in [5.74, 6) is 0.546. The Hall–Kier alpha value is -1.40. The number of aryl methyl sites for hydroxylation is 1. The van der Waals surface area contributed by atoms with Crippen molar-refractivity contribution >= 4 is 15.9 Å². The lowest BCUT2D eigenvalue weighted by Gasteiger charge is -2.42. The summed E-state index contributed by atoms with van der Waals surface area (Å²) in [5.41, 5.74) is 2.25. The van der Waals surface area contributed by atoms with Gasteiger partial charge in [-0.25, -0.2) is 8.42 Å². The molecule has 2 heterocycles. The first-order valence-corrected chi connectivity index (χ1v) is 11.5. The molecule has 1 aromatic carbocycles. The molecule has 0 radical (unpaired) electrons. The predicted molar refractivity (Wildman–Crippen MR) is 103 cm³/mol. The second-order valence-electron chi connectivity index (χ2n) is 7.82. The Morgan fingerprint density at radius 2 is 1.69 bits per heavy atom. The van der Waals surface area contributed by atoms with Gasteiger partial charge in [-0.15, -0.1) is 0 Å². The van der Waals surface area contributed by atoms with E-state index in [0.717, 1.165) is 50.8 Å². The molecule has 144 valence electrons. The summed E-state index contributed by atoms with van der Waals surface area (Å²) in [7, 11) is -3.15. The van der Waals surface area contributed by atoms with Crippen molar-refractivity contribution in [2.75, 3.05) is 25.9 Å². The van der Waals surface area contributed by atoms with E-state index >= 15 is 0 Å². The monoisotopic (exact) mass is 378 g/mol. The first-order valence-electron chi connectivity index (χ1n) is 9.65. The van der Waals surface area contributed by atoms with Gasteiger partial charge in [-0.05, 0) is 44.1 Å². The minimum Gasteiger partial charge on any atom is -0.342 e. The molecule has 0 aromatic heterocycles. The lowest BCUT2D eigenvalue weighted by atomic mass is 9.85. The number of hydrogen-bond donors (Lipinski definition) is 0. The van der Waals surface area contributed by atoms with Gasteiger partial charge in [0.25, 0.3) is 0 Å². The number of sulfonamides is 1. The highest BCUT2D eigenvalue weighted by atomic mass is 32.2. The molecule has 2 saturated heterocycles. The van der Waals surface area contributed by atoms with E-state index in [1.165, 1.54) is 11.8 Å². The van der Waals surface area contributed by atoms with Crippen molar-refractivity contribution in [2.45, 2.75) is 51.5 Å². The topological polar surface area (TPSA) is 57.7 Å². The van der Waals surface area contributed by atoms with Crippen LogP contribution in [-0.4, -0.2) is 55.5 Å². The van der Waals surface area contributed by atoms with Crippen molar-refractivity contribution in [1.82, 2.24) is 9.21 Å². The van der Waals surface area contributed by atoms with Crippen LogP contribution >= 0.6 is 0 Å². The fourth-order valence-electron chi connectivity index (χ4n) is 4.34. The Morgan fingerprint density at radius 3 is 2.31 bits per heavy atom. The molecule has 0 N–H and O–H groups in total. The standard InChI is InChI=1S/C20H30N2O3S/c1-16-6-8-17(9-7-16)15-20(23)21-13-10-18(11-14-21)19-5-3-4-12-22(19)26(2,24)25/h6-9,18-19H,3-5,10-15H2,1-2H3/t19-/m1/s1. The zero-order valence-corrected chi connectivity index (χ0v) is 16.7. The van der Waals surface area contributed by atoms with E-state index < -0.39 is 10.0 Å². The van der Waals surface area contributed by atoms with Crippen LogP contribution in [0.15, 0.2) is 24.3 Å². The molecule has 0 spiro atoms. The SMILES string of the molecule is Cc1ccc(CC(=O)N2CCC([C@H]3CCCCN3S(C)(=O)=O)CC2)cc1. The highest BCUT2D eigenvalue weighted by Gasteiger charge is 2.37. The van der Waals surface area contributed by atoms with E-state index in [1.807, 2.05) is 36.1 Å². The molecule has 2 fully saturated rings. The molecule has 0 aliphatic carbocycles. The molecule has 2 aliphatic rings. The van der Waals surface area contributed by atoms with Crippen LogP contribution in [0.25, 0.3) is 0 Å². The second-order valence-corrected chi connectivity index (χ2v) is 9.75. The van der Waals surface area contributed by atoms with Gasteiger partial charge in [0.05, 0.1) is 12.7 Å². The van der Waals surface area contributed by atoms with E-state index in [1.54, 1.807) is 4.31 Å². The predicted octanol–water partition coefficient (Wildman–Crippen LogP) is 2.59. The number of carbonyl (C=O) groups excluding carboxylic acids is 1. The van der Waals surface area contributed by atoms with Crippen molar-refractivity contribution in [1.29, 1.82) is 0 Å². The van der Waals surface area contributed by atoms with E-state index in [0.29, 0.717) is 18.9 Å². The Labute approximate surface area is 157 Å². The van der Waals surface area contributed by atoms with Crippen LogP contribution in [0.1, 0.15) is 43.2 Å². The zero-order valence-electron chi connectivity index (χ0n) is 15.9. The molecule has 26 heavy (non-hydrogen) atoms. The number of rotatable bonds is 4. The molecule has 1 aromatic rings. The molecular weight excluding hydrogens is 348 g/mol. The maximum Gasteiger partial charge on any atom is 0.226 e. The largest absolute Gasteiger partial charge is 0.342 e. The highest BCUT2D eigenvalue weighted by molar-refractivity contribution is 7.88. The van der Waals surface area contributed by atoms with E-state index in [-0.39, 0.29) is 11.9 Å². The summed E-state index contributed by atoms with van der Waals surface area (Å²) in [6.45, 7) is 4.17. The first-order chi connectivity index (χ1) is 12.3. The van der Waals surface area contributed by atoms with Gasteiger partial charge in [0.15, 0.2) is 0 Å². The number of amides is 1. The molecular formula is C20H30N2O3S. The summed E-state index contributed by atoms with van der Waals surface area (Å²) in [6, 6.07) is 8.24. The first kappa shape index (κ1) is 19.4. The average Bonchev–Trinajstić information content (AvgIpc) is 2.63. The van der Waals surface area contributed by atoms with Gasteiger partial charge < -0.3 is 4.90 Å². The Kier molecular flexibility index (Phi) is 6.03. The van der Waals surface area contributed by atoms with Gasteiger partial charge in [-0.3, -0.25) is 4.79 Å². The Balaban J connectivity index is 1.56. The van der Waals surface area contributed by atoms with E-state index in [9.17, 15) is 13.2 Å². The van der Waals surface area contributed by atoms with Gasteiger partial charge >= 0.3 is 0 Å². The van der Waals surface area contributed by atoms with E-state index in [2.05, 4.69) is 0 Å². The van der Waals surface area contributed by atoms with E-state index in [4.69, 9.17) is 0 Å². The van der Waals surface area contributed by atoms with Crippen molar-refractivity contribution in [3.05, 3.63) is 35.4 Å². The third-order valence-electron chi connectivity index (χ3n) is 5.84. The number of likely N-dealkylation sites (tertiary alicyclic amines) is 1. The van der Waals surface area contributed by atoms with Gasteiger partial charge in [0.1, 0.15) is 0 Å². The summed E-state index contributed by atoms with van der Waals surface area (Å²) >= 11 is 0. The molecule has 6 heteroatoms. The molecule has 2 aliphatic heterocycles. The van der Waals surface area contributed by atoms with Crippen LogP contribution in [0, 0.1) is 12.8 Å². The fourth-order valence-corrected chi connectivity index (χ4v) is 5.57. The number of carbonyl (C=O) groups is 1. The summed E-state index contributed by atoms with van der Waals surface area (Å²) in [6.07, 6.45) is 6.58. The molecule has 5 nitrogen and oxygen atoms in total. The molecule has 0 saturated carbocycles. The normalized spacial score (nSPS) is 23.2. The van der Waals surface area contributed by atoms with Crippen LogP contribution in [0.4, 0.5) is 0 Å². The van der Waals surface area contributed by atoms with Crippen molar-refractivity contribution in [2.24, 2.45) is 5.92 Å². The molecule has 0 bridgehead atoms. The second kappa shape index (κ2) is 8.09. The zero-order chi connectivity index (χ0) is 18.7. The minimum atomic E-state index is -3.15. The third-order valence-corrected chi connectivity index (χ3v) is 7.14. The number of benzene rings is 1. The molecule has 1 amide bonds. The molecule has 1 atom stereocenters. The number of nitrogens with zero attached hydrogens (tertiary/aromatic N) is 2. The Bertz CT molecular complexity index is 722. The quantitative estimate of drug-likeness (QED) is 0.809. The van der Waals surface area contributed by atoms with Gasteiger partial charge in [0.2, 0.25) is 15.9 Å². The number of hydrogen-bond acceptors (Lipinski definition) is 3. The van der Waals surface area contributed by atoms with Crippen LogP contribution in [0.5, 0.6) is 0 Å². The maximum absolute atomic E-state index is 12.6. The molecule has 3 rings (SSSR count). The summed E-state index contributed by atoms with van der Waals surface area (Å²) in [4.78, 5) is 14.5. The maximum atomic E-state index is 12.6. The van der Waals surface area contributed by atoms with Gasteiger partial charge in [-0.2, -0.15) is 4.31 Å². The van der Waals surface area contributed by atoms with Crippen molar-refractivity contribution in [3.63, 3.8) is 0 Å². The van der Waals surface area contributed by atoms with Gasteiger partial charge in [-0.1, -0.05) is 36.2 Å². The Morgan fingerprint density at radius 1 is 1.04 bits per heavy atom. The molecule has 0 unspecified atom stereocenters. The van der Waals surface area contributed by atoms with Crippen LogP contribution in [0.3, 0.4) is 0 Å². The number of piperidine rings is 2. The highest BCUT2D eigenvalue weighted by Crippen LogP contribution is 2.32. The van der Waals surface area contributed by atoms with Crippen LogP contribution in [-0.2, 0) is 21.2 Å². The van der Waals surface area contributed by atoms with Crippen LogP contribution in [0.2, 0.25) is 0 Å². The fraction of sp³-hybridized carbons (Fsp3) is 0.650. The van der Waals surface area contributed by atoms with Gasteiger partial charge in [0, 0.05) is 25.7 Å². The van der Waals surface area contributed by atoms with Crippen molar-refractivity contribution in [3.8, 4) is 0 Å². The third kappa shape index (κ3) is 4.65. The summed E-state index contributed by atoms with van der Waals surface area (Å²) in [5, 5.41) is 0. The smallest absolute Gasteiger partial charge is 0.226 e. The minimum absolute atomic E-state index is 0.119. The lowest BCUT2D eigenvalue weighted by molar-refractivity contribution is -0.132. The van der Waals surface area contributed by atoms with Crippen LogP contribution < -0.4 is 0 Å². The lowest BCUT2D eigenvalue weighted by Crippen LogP contribution is -2.50. The van der Waals surface area contributed by atoms with Crippen molar-refractivity contribution < 1.29 is 13.2 Å². The average molecular weight is 379 g/mol. The summed E-state index contributed by atoms with van der Waals surface area (Å²) < 4.78 is 25.9.